The third-order valence-electron chi connectivity index (χ3n) is 6.82. The van der Waals surface area contributed by atoms with E-state index in [0.29, 0.717) is 19.6 Å². The number of likely N-dealkylation sites (tertiary alicyclic amines) is 1. The maximum atomic E-state index is 13.3. The number of aliphatic carboxylic acids is 1. The van der Waals surface area contributed by atoms with Crippen molar-refractivity contribution in [3.05, 3.63) is 46.4 Å². The van der Waals surface area contributed by atoms with Crippen LogP contribution in [0, 0.1) is 29.6 Å². The fraction of sp³-hybridized carbons (Fsp3) is 0.550. The van der Waals surface area contributed by atoms with Crippen LogP contribution < -0.4 is 5.56 Å². The number of hydrogen-bond donors (Lipinski definition) is 1. The molecule has 4 aliphatic rings. The maximum absolute atomic E-state index is 13.3. The highest BCUT2D eigenvalue weighted by molar-refractivity contribution is 5.87. The Bertz CT molecular complexity index is 873. The van der Waals surface area contributed by atoms with Crippen molar-refractivity contribution in [2.24, 2.45) is 29.6 Å². The number of nitrogens with zero attached hydrogens (tertiary/aromatic N) is 2. The van der Waals surface area contributed by atoms with Gasteiger partial charge in [-0.25, -0.2) is 0 Å². The number of fused-ring (bicyclic) bond motifs is 6. The molecule has 0 aromatic carbocycles. The fourth-order valence-corrected chi connectivity index (χ4v) is 5.78. The fourth-order valence-electron chi connectivity index (χ4n) is 5.78. The Morgan fingerprint density at radius 2 is 1.77 bits per heavy atom. The van der Waals surface area contributed by atoms with E-state index in [1.165, 1.54) is 0 Å². The number of aromatic nitrogens is 1. The topological polar surface area (TPSA) is 79.6 Å². The van der Waals surface area contributed by atoms with Gasteiger partial charge in [0.2, 0.25) is 5.91 Å². The molecule has 6 atom stereocenters. The lowest BCUT2D eigenvalue weighted by Gasteiger charge is -2.44. The van der Waals surface area contributed by atoms with Crippen LogP contribution in [0.5, 0.6) is 0 Å². The van der Waals surface area contributed by atoms with Gasteiger partial charge in [-0.15, -0.1) is 0 Å². The number of hydrogen-bond acceptors (Lipinski definition) is 3. The monoisotopic (exact) mass is 354 g/mol. The standard InChI is InChI=1S/C20H22N2O4/c23-16-3-1-2-15-14-6-11(9-22(15)16)8-21(10-14)19(24)17-12-4-5-13(7-12)18(17)20(25)26/h1-5,11-14,17-18H,6-10H2,(H,25,26)/t11-,12-,13+,14-,17-,18+/m0/s1. The molecule has 0 spiro atoms. The number of carbonyl (C=O) groups is 2. The van der Waals surface area contributed by atoms with E-state index < -0.39 is 17.8 Å². The summed E-state index contributed by atoms with van der Waals surface area (Å²) in [5, 5.41) is 9.63. The van der Waals surface area contributed by atoms with Crippen LogP contribution in [0.1, 0.15) is 24.5 Å². The van der Waals surface area contributed by atoms with E-state index in [1.807, 2.05) is 27.7 Å². The number of piperidine rings is 1. The lowest BCUT2D eigenvalue weighted by molar-refractivity contribution is -0.152. The zero-order valence-electron chi connectivity index (χ0n) is 14.5. The summed E-state index contributed by atoms with van der Waals surface area (Å²) in [6.07, 6.45) is 5.78. The molecule has 1 N–H and O–H groups in total. The largest absolute Gasteiger partial charge is 0.481 e. The van der Waals surface area contributed by atoms with Gasteiger partial charge < -0.3 is 14.6 Å². The predicted molar refractivity (Wildman–Crippen MR) is 93.5 cm³/mol. The molecule has 2 aliphatic heterocycles. The van der Waals surface area contributed by atoms with E-state index in [1.54, 1.807) is 12.1 Å². The van der Waals surface area contributed by atoms with Crippen molar-refractivity contribution >= 4 is 11.9 Å². The molecule has 3 heterocycles. The Morgan fingerprint density at radius 3 is 2.54 bits per heavy atom. The van der Waals surface area contributed by atoms with Crippen molar-refractivity contribution in [2.45, 2.75) is 25.3 Å². The minimum atomic E-state index is -0.852. The molecule has 2 aliphatic carbocycles. The summed E-state index contributed by atoms with van der Waals surface area (Å²) in [5.41, 5.74) is 1.04. The summed E-state index contributed by atoms with van der Waals surface area (Å²) in [5.74, 6) is -1.39. The van der Waals surface area contributed by atoms with Crippen LogP contribution in [0.25, 0.3) is 0 Å². The first-order valence-electron chi connectivity index (χ1n) is 9.42. The first-order valence-corrected chi connectivity index (χ1v) is 9.42. The predicted octanol–water partition coefficient (Wildman–Crippen LogP) is 1.32. The summed E-state index contributed by atoms with van der Waals surface area (Å²) in [6, 6.07) is 5.36. The summed E-state index contributed by atoms with van der Waals surface area (Å²) in [7, 11) is 0. The van der Waals surface area contributed by atoms with E-state index in [2.05, 4.69) is 0 Å². The van der Waals surface area contributed by atoms with Crippen molar-refractivity contribution in [3.8, 4) is 0 Å². The quantitative estimate of drug-likeness (QED) is 0.813. The van der Waals surface area contributed by atoms with Crippen molar-refractivity contribution < 1.29 is 14.7 Å². The number of allylic oxidation sites excluding steroid dienone is 2. The Labute approximate surface area is 151 Å². The Kier molecular flexibility index (Phi) is 3.39. The highest BCUT2D eigenvalue weighted by Crippen LogP contribution is 2.49. The molecule has 4 bridgehead atoms. The number of carbonyl (C=O) groups excluding carboxylic acids is 1. The summed E-state index contributed by atoms with van der Waals surface area (Å²) in [6.45, 7) is 1.86. The minimum absolute atomic E-state index is 0.00400. The van der Waals surface area contributed by atoms with Crippen molar-refractivity contribution in [1.82, 2.24) is 9.47 Å². The summed E-state index contributed by atoms with van der Waals surface area (Å²) < 4.78 is 1.85. The second-order valence-electron chi connectivity index (χ2n) is 8.28. The number of carboxylic acid groups (broad SMARTS) is 1. The van der Waals surface area contributed by atoms with E-state index in [-0.39, 0.29) is 35.1 Å². The van der Waals surface area contributed by atoms with Gasteiger partial charge in [-0.3, -0.25) is 14.4 Å². The summed E-state index contributed by atoms with van der Waals surface area (Å²) in [4.78, 5) is 39.0. The van der Waals surface area contributed by atoms with Crippen molar-refractivity contribution in [2.75, 3.05) is 13.1 Å². The lowest BCUT2D eigenvalue weighted by atomic mass is 9.79. The maximum Gasteiger partial charge on any atom is 0.307 e. The van der Waals surface area contributed by atoms with E-state index in [4.69, 9.17) is 0 Å². The molecular weight excluding hydrogens is 332 g/mol. The molecule has 1 saturated heterocycles. The van der Waals surface area contributed by atoms with Gasteiger partial charge in [-0.05, 0) is 36.7 Å². The third kappa shape index (κ3) is 2.20. The molecule has 1 aromatic rings. The molecule has 1 saturated carbocycles. The first kappa shape index (κ1) is 15.9. The lowest BCUT2D eigenvalue weighted by Crippen LogP contribution is -2.52. The van der Waals surface area contributed by atoms with Gasteiger partial charge >= 0.3 is 5.97 Å². The van der Waals surface area contributed by atoms with Gasteiger partial charge in [-0.2, -0.15) is 0 Å². The normalized spacial score (nSPS) is 36.8. The van der Waals surface area contributed by atoms with Crippen LogP contribution in [0.4, 0.5) is 0 Å². The molecule has 26 heavy (non-hydrogen) atoms. The zero-order chi connectivity index (χ0) is 18.0. The van der Waals surface area contributed by atoms with Crippen LogP contribution in [-0.4, -0.2) is 39.5 Å². The Hall–Kier alpha value is -2.37. The molecule has 2 fully saturated rings. The Balaban J connectivity index is 1.42. The number of rotatable bonds is 2. The van der Waals surface area contributed by atoms with Crippen molar-refractivity contribution in [3.63, 3.8) is 0 Å². The Morgan fingerprint density at radius 1 is 1.00 bits per heavy atom. The molecule has 1 aromatic heterocycles. The second kappa shape index (κ2) is 5.56. The van der Waals surface area contributed by atoms with Crippen LogP contribution in [0.2, 0.25) is 0 Å². The molecule has 0 unspecified atom stereocenters. The number of amides is 1. The first-order chi connectivity index (χ1) is 12.5. The molecule has 136 valence electrons. The van der Waals surface area contributed by atoms with Gasteiger partial charge in [-0.1, -0.05) is 18.2 Å². The molecule has 5 rings (SSSR count). The van der Waals surface area contributed by atoms with Crippen LogP contribution in [-0.2, 0) is 16.1 Å². The minimum Gasteiger partial charge on any atom is -0.481 e. The molecule has 0 radical (unpaired) electrons. The van der Waals surface area contributed by atoms with Gasteiger partial charge in [0, 0.05) is 37.3 Å². The van der Waals surface area contributed by atoms with Gasteiger partial charge in [0.25, 0.3) is 5.56 Å². The third-order valence-corrected chi connectivity index (χ3v) is 6.82. The average molecular weight is 354 g/mol. The highest BCUT2D eigenvalue weighted by Gasteiger charge is 2.53. The van der Waals surface area contributed by atoms with Gasteiger partial charge in [0.1, 0.15) is 0 Å². The SMILES string of the molecule is O=C(O)[C@H]1[C@@H](C(=O)N2C[C@@H]3C[C@@H](C2)c2cccc(=O)n2C3)[C@H]2C=C[C@@H]1C2. The number of carboxylic acids is 1. The molecule has 1 amide bonds. The zero-order valence-corrected chi connectivity index (χ0v) is 14.5. The van der Waals surface area contributed by atoms with E-state index in [9.17, 15) is 19.5 Å². The van der Waals surface area contributed by atoms with Crippen LogP contribution in [0.15, 0.2) is 35.1 Å². The van der Waals surface area contributed by atoms with Gasteiger partial charge in [0.05, 0.1) is 11.8 Å². The number of pyridine rings is 1. The summed E-state index contributed by atoms with van der Waals surface area (Å²) >= 11 is 0. The molecular formula is C20H22N2O4. The van der Waals surface area contributed by atoms with Gasteiger partial charge in [0.15, 0.2) is 0 Å². The molecule has 6 nitrogen and oxygen atoms in total. The highest BCUT2D eigenvalue weighted by atomic mass is 16.4. The smallest absolute Gasteiger partial charge is 0.307 e. The van der Waals surface area contributed by atoms with Crippen LogP contribution in [0.3, 0.4) is 0 Å². The second-order valence-corrected chi connectivity index (χ2v) is 8.28. The van der Waals surface area contributed by atoms with E-state index >= 15 is 0 Å². The van der Waals surface area contributed by atoms with Crippen molar-refractivity contribution in [1.29, 1.82) is 0 Å². The molecule has 6 heteroatoms. The van der Waals surface area contributed by atoms with E-state index in [0.717, 1.165) is 18.5 Å². The van der Waals surface area contributed by atoms with Crippen LogP contribution >= 0.6 is 0 Å². The average Bonchev–Trinajstić information content (AvgIpc) is 3.23.